The Balaban J connectivity index is 2.27. The molecule has 0 bridgehead atoms. The number of carbonyl (C=O) groups excluding carboxylic acids is 1. The van der Waals surface area contributed by atoms with Gasteiger partial charge in [0.2, 0.25) is 0 Å². The number of amides is 1. The van der Waals surface area contributed by atoms with Crippen molar-refractivity contribution in [1.29, 1.82) is 0 Å². The lowest BCUT2D eigenvalue weighted by Gasteiger charge is -1.96. The van der Waals surface area contributed by atoms with Crippen LogP contribution in [0, 0.1) is 0 Å². The van der Waals surface area contributed by atoms with Gasteiger partial charge < -0.3 is 5.73 Å². The fourth-order valence-corrected chi connectivity index (χ4v) is 1.74. The van der Waals surface area contributed by atoms with Crippen LogP contribution in [0.5, 0.6) is 0 Å². The zero-order valence-electron chi connectivity index (χ0n) is 5.52. The van der Waals surface area contributed by atoms with E-state index in [9.17, 15) is 4.79 Å². The average molecular weight is 167 g/mol. The van der Waals surface area contributed by atoms with Gasteiger partial charge >= 0.3 is 0 Å². The molecule has 0 aromatic carbocycles. The van der Waals surface area contributed by atoms with E-state index in [0.29, 0.717) is 0 Å². The van der Waals surface area contributed by atoms with Gasteiger partial charge in [0.05, 0.1) is 5.71 Å². The molecular weight excluding hydrogens is 162 g/mol. The maximum atomic E-state index is 10.6. The predicted molar refractivity (Wildman–Crippen MR) is 44.6 cm³/mol. The summed E-state index contributed by atoms with van der Waals surface area (Å²) in [6.07, 6.45) is 3.43. The molecule has 11 heavy (non-hydrogen) atoms. The van der Waals surface area contributed by atoms with Crippen molar-refractivity contribution in [2.45, 2.75) is 5.37 Å². The van der Waals surface area contributed by atoms with Gasteiger partial charge in [-0.3, -0.25) is 9.79 Å². The molecule has 0 radical (unpaired) electrons. The first kappa shape index (κ1) is 6.60. The molecule has 1 unspecified atom stereocenters. The number of primary amides is 1. The summed E-state index contributed by atoms with van der Waals surface area (Å²) in [7, 11) is 0. The lowest BCUT2D eigenvalue weighted by Crippen LogP contribution is -2.22. The van der Waals surface area contributed by atoms with Crippen LogP contribution in [0.1, 0.15) is 0 Å². The molecule has 0 saturated carbocycles. The summed E-state index contributed by atoms with van der Waals surface area (Å²) in [6.45, 7) is 0. The summed E-state index contributed by atoms with van der Waals surface area (Å²) in [5.74, 6) is -0.409. The number of aliphatic imine (C=N–C) groups is 2. The van der Waals surface area contributed by atoms with E-state index < -0.39 is 11.3 Å². The van der Waals surface area contributed by atoms with Crippen molar-refractivity contribution >= 4 is 28.4 Å². The van der Waals surface area contributed by atoms with E-state index in [4.69, 9.17) is 5.73 Å². The Bertz CT molecular complexity index is 305. The third-order valence-corrected chi connectivity index (χ3v) is 2.47. The molecule has 0 aromatic rings. The first-order valence-corrected chi connectivity index (χ1v) is 3.94. The van der Waals surface area contributed by atoms with Crippen LogP contribution < -0.4 is 5.73 Å². The summed E-state index contributed by atoms with van der Waals surface area (Å²) >= 11 is 1.30. The van der Waals surface area contributed by atoms with E-state index in [1.54, 1.807) is 12.3 Å². The monoisotopic (exact) mass is 167 g/mol. The van der Waals surface area contributed by atoms with Crippen molar-refractivity contribution in [3.63, 3.8) is 0 Å². The van der Waals surface area contributed by atoms with Crippen LogP contribution in [-0.2, 0) is 4.79 Å². The smallest absolute Gasteiger partial charge is 0.253 e. The third-order valence-electron chi connectivity index (χ3n) is 1.37. The van der Waals surface area contributed by atoms with Crippen LogP contribution in [-0.4, -0.2) is 22.0 Å². The van der Waals surface area contributed by atoms with E-state index >= 15 is 0 Å². The van der Waals surface area contributed by atoms with Gasteiger partial charge in [0.25, 0.3) is 5.91 Å². The molecular formula is C6H5N3OS. The first-order chi connectivity index (χ1) is 5.27. The van der Waals surface area contributed by atoms with Crippen LogP contribution >= 0.6 is 11.8 Å². The van der Waals surface area contributed by atoms with Crippen molar-refractivity contribution in [2.75, 3.05) is 0 Å². The number of hydrogen-bond acceptors (Lipinski definition) is 4. The van der Waals surface area contributed by atoms with E-state index in [2.05, 4.69) is 9.98 Å². The van der Waals surface area contributed by atoms with Crippen LogP contribution in [0.25, 0.3) is 0 Å². The second-order valence-corrected chi connectivity index (χ2v) is 3.21. The molecule has 0 aromatic heterocycles. The fourth-order valence-electron chi connectivity index (χ4n) is 0.882. The van der Waals surface area contributed by atoms with Gasteiger partial charge in [-0.15, -0.1) is 0 Å². The molecule has 2 heterocycles. The molecule has 0 fully saturated rings. The molecule has 2 aliphatic heterocycles. The minimum absolute atomic E-state index is 0.409. The highest BCUT2D eigenvalue weighted by Crippen LogP contribution is 2.26. The number of hydrogen-bond donors (Lipinski definition) is 1. The van der Waals surface area contributed by atoms with Crippen molar-refractivity contribution in [2.24, 2.45) is 15.7 Å². The number of carbonyl (C=O) groups is 1. The molecule has 0 saturated heterocycles. The molecule has 2 rings (SSSR count). The van der Waals surface area contributed by atoms with Crippen LogP contribution in [0.4, 0.5) is 0 Å². The topological polar surface area (TPSA) is 67.8 Å². The molecule has 56 valence electrons. The Morgan fingerprint density at radius 1 is 1.73 bits per heavy atom. The van der Waals surface area contributed by atoms with E-state index in [0.717, 1.165) is 10.8 Å². The third kappa shape index (κ3) is 0.970. The molecule has 0 aliphatic carbocycles. The zero-order chi connectivity index (χ0) is 7.84. The maximum Gasteiger partial charge on any atom is 0.253 e. The number of nitrogens with zero attached hydrogens (tertiary/aromatic N) is 2. The largest absolute Gasteiger partial charge is 0.367 e. The number of nitrogens with two attached hydrogens (primary N) is 1. The van der Waals surface area contributed by atoms with Gasteiger partial charge in [0.1, 0.15) is 5.04 Å². The second kappa shape index (κ2) is 2.20. The summed E-state index contributed by atoms with van der Waals surface area (Å²) < 4.78 is 0. The molecule has 1 atom stereocenters. The van der Waals surface area contributed by atoms with Crippen LogP contribution in [0.15, 0.2) is 22.3 Å². The van der Waals surface area contributed by atoms with Gasteiger partial charge in [-0.1, -0.05) is 11.8 Å². The number of thioether (sulfide) groups is 1. The molecule has 5 heteroatoms. The van der Waals surface area contributed by atoms with Gasteiger partial charge in [-0.25, -0.2) is 4.99 Å². The van der Waals surface area contributed by atoms with Gasteiger partial charge in [-0.05, 0) is 6.08 Å². The Morgan fingerprint density at radius 3 is 3.18 bits per heavy atom. The van der Waals surface area contributed by atoms with Crippen molar-refractivity contribution in [3.05, 3.63) is 12.3 Å². The Hall–Kier alpha value is -1.10. The summed E-state index contributed by atoms with van der Waals surface area (Å²) in [5.41, 5.74) is 5.83. The van der Waals surface area contributed by atoms with E-state index in [1.165, 1.54) is 11.8 Å². The van der Waals surface area contributed by atoms with Gasteiger partial charge in [-0.2, -0.15) is 0 Å². The zero-order valence-corrected chi connectivity index (χ0v) is 6.34. The summed E-state index contributed by atoms with van der Waals surface area (Å²) in [4.78, 5) is 18.7. The minimum atomic E-state index is -0.464. The highest BCUT2D eigenvalue weighted by Gasteiger charge is 2.28. The maximum absolute atomic E-state index is 10.6. The molecule has 0 spiro atoms. The lowest BCUT2D eigenvalue weighted by molar-refractivity contribution is -0.117. The normalized spacial score (nSPS) is 26.4. The molecule has 2 N–H and O–H groups in total. The van der Waals surface area contributed by atoms with Crippen molar-refractivity contribution in [1.82, 2.24) is 0 Å². The summed E-state index contributed by atoms with van der Waals surface area (Å²) in [5, 5.41) is 0.336. The predicted octanol–water partition coefficient (Wildman–Crippen LogP) is -0.0886. The minimum Gasteiger partial charge on any atom is -0.367 e. The fraction of sp³-hybridized carbons (Fsp3) is 0.167. The Labute approximate surface area is 67.3 Å². The number of fused-ring (bicyclic) bond motifs is 1. The lowest BCUT2D eigenvalue weighted by atomic mass is 10.4. The Morgan fingerprint density at radius 2 is 2.55 bits per heavy atom. The van der Waals surface area contributed by atoms with Gasteiger partial charge in [0.15, 0.2) is 5.37 Å². The quantitative estimate of drug-likeness (QED) is 0.593. The molecule has 2 aliphatic rings. The second-order valence-electron chi connectivity index (χ2n) is 2.14. The van der Waals surface area contributed by atoms with E-state index in [1.807, 2.05) is 0 Å². The SMILES string of the molecule is NC(=O)C1N=C2C=CN=C2S1. The number of allylic oxidation sites excluding steroid dienone is 1. The van der Waals surface area contributed by atoms with E-state index in [-0.39, 0.29) is 0 Å². The average Bonchev–Trinajstić information content (AvgIpc) is 2.40. The highest BCUT2D eigenvalue weighted by molar-refractivity contribution is 8.17. The molecule has 4 nitrogen and oxygen atoms in total. The highest BCUT2D eigenvalue weighted by atomic mass is 32.2. The molecule has 1 amide bonds. The first-order valence-electron chi connectivity index (χ1n) is 3.06. The standard InChI is InChI=1S/C6H5N3OS/c7-4(10)6-9-3-1-2-8-5(3)11-6/h1-2,6H,(H2,7,10). The van der Waals surface area contributed by atoms with Crippen LogP contribution in [0.3, 0.4) is 0 Å². The van der Waals surface area contributed by atoms with Crippen molar-refractivity contribution in [3.8, 4) is 0 Å². The van der Waals surface area contributed by atoms with Crippen molar-refractivity contribution < 1.29 is 4.79 Å². The Kier molecular flexibility index (Phi) is 1.32. The van der Waals surface area contributed by atoms with Gasteiger partial charge in [0, 0.05) is 6.20 Å². The van der Waals surface area contributed by atoms with Crippen LogP contribution in [0.2, 0.25) is 0 Å². The number of rotatable bonds is 1. The summed E-state index contributed by atoms with van der Waals surface area (Å²) in [6, 6.07) is 0.